The Balaban J connectivity index is 1.44. The molecule has 0 unspecified atom stereocenters. The van der Waals surface area contributed by atoms with Crippen molar-refractivity contribution in [2.75, 3.05) is 18.5 Å². The van der Waals surface area contributed by atoms with Crippen LogP contribution in [0.1, 0.15) is 22.3 Å². The summed E-state index contributed by atoms with van der Waals surface area (Å²) in [5.74, 6) is 1.40. The molecule has 3 aromatic rings. The minimum absolute atomic E-state index is 0.173. The molecule has 0 atom stereocenters. The van der Waals surface area contributed by atoms with Gasteiger partial charge in [0, 0.05) is 22.7 Å². The highest BCUT2D eigenvalue weighted by Crippen LogP contribution is 2.21. The molecule has 0 fully saturated rings. The Kier molecular flexibility index (Phi) is 6.93. The summed E-state index contributed by atoms with van der Waals surface area (Å²) in [5.41, 5.74) is 2.22. The molecular formula is C23H22ClNO3. The first kappa shape index (κ1) is 19.8. The molecule has 0 aliphatic heterocycles. The monoisotopic (exact) mass is 395 g/mol. The summed E-state index contributed by atoms with van der Waals surface area (Å²) in [6.07, 6.45) is 0.771. The van der Waals surface area contributed by atoms with Crippen molar-refractivity contribution in [2.45, 2.75) is 13.3 Å². The lowest BCUT2D eigenvalue weighted by Gasteiger charge is -2.10. The number of ether oxygens (including phenoxy) is 2. The Labute approximate surface area is 170 Å². The molecule has 0 saturated heterocycles. The summed E-state index contributed by atoms with van der Waals surface area (Å²) in [4.78, 5) is 12.4. The zero-order valence-electron chi connectivity index (χ0n) is 15.7. The standard InChI is InChI=1S/C23H22ClNO3/c1-17-16-19(24)10-13-22(17)25-23(26)18-8-11-21(12-9-18)28-15-5-14-27-20-6-3-2-4-7-20/h2-4,6-13,16H,5,14-15H2,1H3,(H,25,26). The third-order valence-electron chi connectivity index (χ3n) is 4.12. The summed E-state index contributed by atoms with van der Waals surface area (Å²) in [6, 6.07) is 22.1. The molecule has 1 N–H and O–H groups in total. The maximum absolute atomic E-state index is 12.4. The number of benzene rings is 3. The van der Waals surface area contributed by atoms with Gasteiger partial charge in [-0.25, -0.2) is 0 Å². The first-order chi connectivity index (χ1) is 13.6. The van der Waals surface area contributed by atoms with Gasteiger partial charge in [-0.3, -0.25) is 4.79 Å². The average Bonchev–Trinajstić information content (AvgIpc) is 2.71. The number of halogens is 1. The van der Waals surface area contributed by atoms with E-state index in [-0.39, 0.29) is 5.91 Å². The highest BCUT2D eigenvalue weighted by molar-refractivity contribution is 6.30. The van der Waals surface area contributed by atoms with Gasteiger partial charge in [-0.05, 0) is 67.1 Å². The molecule has 0 radical (unpaired) electrons. The lowest BCUT2D eigenvalue weighted by atomic mass is 10.1. The van der Waals surface area contributed by atoms with Crippen molar-refractivity contribution in [3.63, 3.8) is 0 Å². The summed E-state index contributed by atoms with van der Waals surface area (Å²) < 4.78 is 11.3. The molecule has 0 aliphatic rings. The van der Waals surface area contributed by atoms with Crippen LogP contribution < -0.4 is 14.8 Å². The summed E-state index contributed by atoms with van der Waals surface area (Å²) in [7, 11) is 0. The predicted molar refractivity (Wildman–Crippen MR) is 113 cm³/mol. The fourth-order valence-electron chi connectivity index (χ4n) is 2.62. The van der Waals surface area contributed by atoms with Crippen molar-refractivity contribution in [1.29, 1.82) is 0 Å². The Hall–Kier alpha value is -2.98. The van der Waals surface area contributed by atoms with Crippen LogP contribution in [0.4, 0.5) is 5.69 Å². The third-order valence-corrected chi connectivity index (χ3v) is 4.36. The average molecular weight is 396 g/mol. The molecule has 0 aromatic heterocycles. The topological polar surface area (TPSA) is 47.6 Å². The molecule has 1 amide bonds. The molecule has 28 heavy (non-hydrogen) atoms. The second-order valence-corrected chi connectivity index (χ2v) is 6.74. The van der Waals surface area contributed by atoms with E-state index in [4.69, 9.17) is 21.1 Å². The third kappa shape index (κ3) is 5.76. The Morgan fingerprint density at radius 2 is 1.54 bits per heavy atom. The highest BCUT2D eigenvalue weighted by Gasteiger charge is 2.08. The minimum Gasteiger partial charge on any atom is -0.493 e. The number of carbonyl (C=O) groups is 1. The number of hydrogen-bond donors (Lipinski definition) is 1. The van der Waals surface area contributed by atoms with E-state index in [2.05, 4.69) is 5.32 Å². The molecule has 0 heterocycles. The molecular weight excluding hydrogens is 374 g/mol. The van der Waals surface area contributed by atoms with Crippen LogP contribution in [0, 0.1) is 6.92 Å². The zero-order chi connectivity index (χ0) is 19.8. The number of hydrogen-bond acceptors (Lipinski definition) is 3. The fourth-order valence-corrected chi connectivity index (χ4v) is 2.85. The molecule has 0 saturated carbocycles. The second-order valence-electron chi connectivity index (χ2n) is 6.30. The van der Waals surface area contributed by atoms with Crippen molar-refractivity contribution >= 4 is 23.2 Å². The van der Waals surface area contributed by atoms with Crippen LogP contribution in [0.5, 0.6) is 11.5 Å². The zero-order valence-corrected chi connectivity index (χ0v) is 16.4. The van der Waals surface area contributed by atoms with Gasteiger partial charge in [-0.1, -0.05) is 29.8 Å². The van der Waals surface area contributed by atoms with Crippen molar-refractivity contribution in [3.8, 4) is 11.5 Å². The van der Waals surface area contributed by atoms with E-state index in [9.17, 15) is 4.79 Å². The van der Waals surface area contributed by atoms with Crippen LogP contribution >= 0.6 is 11.6 Å². The van der Waals surface area contributed by atoms with E-state index < -0.39 is 0 Å². The largest absolute Gasteiger partial charge is 0.493 e. The number of para-hydroxylation sites is 1. The van der Waals surface area contributed by atoms with Crippen molar-refractivity contribution in [3.05, 3.63) is 88.9 Å². The van der Waals surface area contributed by atoms with E-state index in [1.807, 2.05) is 43.3 Å². The maximum atomic E-state index is 12.4. The SMILES string of the molecule is Cc1cc(Cl)ccc1NC(=O)c1ccc(OCCCOc2ccccc2)cc1. The summed E-state index contributed by atoms with van der Waals surface area (Å²) in [5, 5.41) is 3.54. The van der Waals surface area contributed by atoms with Crippen molar-refractivity contribution < 1.29 is 14.3 Å². The van der Waals surface area contributed by atoms with E-state index in [1.165, 1.54) is 0 Å². The Bertz CT molecular complexity index is 911. The van der Waals surface area contributed by atoms with Gasteiger partial charge in [0.05, 0.1) is 13.2 Å². The van der Waals surface area contributed by atoms with Gasteiger partial charge in [-0.2, -0.15) is 0 Å². The van der Waals surface area contributed by atoms with Gasteiger partial charge < -0.3 is 14.8 Å². The predicted octanol–water partition coefficient (Wildman–Crippen LogP) is 5.75. The molecule has 4 nitrogen and oxygen atoms in total. The van der Waals surface area contributed by atoms with Crippen LogP contribution in [-0.2, 0) is 0 Å². The molecule has 0 aliphatic carbocycles. The van der Waals surface area contributed by atoms with E-state index >= 15 is 0 Å². The smallest absolute Gasteiger partial charge is 0.255 e. The van der Waals surface area contributed by atoms with E-state index in [1.54, 1.807) is 36.4 Å². The second kappa shape index (κ2) is 9.81. The quantitative estimate of drug-likeness (QED) is 0.494. The van der Waals surface area contributed by atoms with Crippen LogP contribution in [-0.4, -0.2) is 19.1 Å². The van der Waals surface area contributed by atoms with Gasteiger partial charge in [0.15, 0.2) is 0 Å². The van der Waals surface area contributed by atoms with Gasteiger partial charge in [0.1, 0.15) is 11.5 Å². The minimum atomic E-state index is -0.173. The van der Waals surface area contributed by atoms with Crippen LogP contribution in [0.2, 0.25) is 5.02 Å². The van der Waals surface area contributed by atoms with Crippen molar-refractivity contribution in [2.24, 2.45) is 0 Å². The Morgan fingerprint density at radius 3 is 2.18 bits per heavy atom. The maximum Gasteiger partial charge on any atom is 0.255 e. The lowest BCUT2D eigenvalue weighted by Crippen LogP contribution is -2.12. The van der Waals surface area contributed by atoms with Crippen LogP contribution in [0.3, 0.4) is 0 Å². The van der Waals surface area contributed by atoms with Gasteiger partial charge in [0.2, 0.25) is 0 Å². The van der Waals surface area contributed by atoms with Gasteiger partial charge in [-0.15, -0.1) is 0 Å². The number of amides is 1. The molecule has 144 valence electrons. The molecule has 0 spiro atoms. The lowest BCUT2D eigenvalue weighted by molar-refractivity contribution is 0.102. The number of nitrogens with one attached hydrogen (secondary N) is 1. The normalized spacial score (nSPS) is 10.4. The number of aryl methyl sites for hydroxylation is 1. The molecule has 0 bridgehead atoms. The van der Waals surface area contributed by atoms with Crippen molar-refractivity contribution in [1.82, 2.24) is 0 Å². The first-order valence-electron chi connectivity index (χ1n) is 9.10. The molecule has 5 heteroatoms. The van der Waals surface area contributed by atoms with Gasteiger partial charge >= 0.3 is 0 Å². The van der Waals surface area contributed by atoms with Gasteiger partial charge in [0.25, 0.3) is 5.91 Å². The van der Waals surface area contributed by atoms with E-state index in [0.717, 1.165) is 29.2 Å². The number of carbonyl (C=O) groups excluding carboxylic acids is 1. The van der Waals surface area contributed by atoms with E-state index in [0.29, 0.717) is 23.8 Å². The molecule has 3 aromatic carbocycles. The number of rotatable bonds is 8. The Morgan fingerprint density at radius 1 is 0.893 bits per heavy atom. The number of anilines is 1. The first-order valence-corrected chi connectivity index (χ1v) is 9.48. The fraction of sp³-hybridized carbons (Fsp3) is 0.174. The van der Waals surface area contributed by atoms with Crippen LogP contribution in [0.15, 0.2) is 72.8 Å². The highest BCUT2D eigenvalue weighted by atomic mass is 35.5. The van der Waals surface area contributed by atoms with Crippen LogP contribution in [0.25, 0.3) is 0 Å². The molecule has 3 rings (SSSR count). The summed E-state index contributed by atoms with van der Waals surface area (Å²) >= 11 is 5.95. The summed E-state index contributed by atoms with van der Waals surface area (Å²) in [6.45, 7) is 3.03.